The maximum absolute atomic E-state index is 12.1. The van der Waals surface area contributed by atoms with Gasteiger partial charge in [-0.3, -0.25) is 0 Å². The van der Waals surface area contributed by atoms with Crippen molar-refractivity contribution >= 4 is 17.9 Å². The normalized spacial score (nSPS) is 9.96. The highest BCUT2D eigenvalue weighted by Gasteiger charge is 2.17. The van der Waals surface area contributed by atoms with Gasteiger partial charge in [-0.1, -0.05) is 12.1 Å². The first-order valence-corrected chi connectivity index (χ1v) is 6.84. The molecule has 0 spiro atoms. The average Bonchev–Trinajstić information content (AvgIpc) is 2.55. The van der Waals surface area contributed by atoms with Gasteiger partial charge in [-0.05, 0) is 43.3 Å². The Hall–Kier alpha value is -3.15. The van der Waals surface area contributed by atoms with E-state index in [2.05, 4.69) is 0 Å². The van der Waals surface area contributed by atoms with Crippen LogP contribution in [0.2, 0.25) is 0 Å². The van der Waals surface area contributed by atoms with Crippen molar-refractivity contribution < 1.29 is 29.0 Å². The second-order valence-electron chi connectivity index (χ2n) is 4.49. The van der Waals surface area contributed by atoms with Gasteiger partial charge in [0.05, 0.1) is 17.7 Å². The molecule has 0 saturated carbocycles. The van der Waals surface area contributed by atoms with Crippen molar-refractivity contribution in [2.45, 2.75) is 6.92 Å². The lowest BCUT2D eigenvalue weighted by molar-refractivity contribution is 0.0519. The fourth-order valence-electron chi connectivity index (χ4n) is 1.84. The van der Waals surface area contributed by atoms with E-state index in [1.807, 2.05) is 0 Å². The zero-order valence-corrected chi connectivity index (χ0v) is 12.3. The Kier molecular flexibility index (Phi) is 5.09. The molecule has 0 aliphatic carbocycles. The molecule has 2 aromatic carbocycles. The van der Waals surface area contributed by atoms with Crippen LogP contribution in [0.3, 0.4) is 0 Å². The van der Waals surface area contributed by atoms with Crippen LogP contribution in [0, 0.1) is 0 Å². The number of carboxylic acids is 1. The Labute approximate surface area is 132 Å². The molecule has 0 atom stereocenters. The molecule has 6 nitrogen and oxygen atoms in total. The van der Waals surface area contributed by atoms with Gasteiger partial charge in [-0.15, -0.1) is 0 Å². The average molecular weight is 314 g/mol. The molecule has 0 aliphatic rings. The van der Waals surface area contributed by atoms with Crippen molar-refractivity contribution in [1.82, 2.24) is 0 Å². The summed E-state index contributed by atoms with van der Waals surface area (Å²) in [6, 6.07) is 11.5. The molecule has 0 heterocycles. The van der Waals surface area contributed by atoms with E-state index in [0.717, 1.165) is 0 Å². The van der Waals surface area contributed by atoms with E-state index >= 15 is 0 Å². The first kappa shape index (κ1) is 16.2. The molecule has 1 N–H and O–H groups in total. The molecule has 6 heteroatoms. The first-order valence-electron chi connectivity index (χ1n) is 6.84. The predicted octanol–water partition coefficient (Wildman–Crippen LogP) is 2.78. The van der Waals surface area contributed by atoms with Crippen LogP contribution in [-0.2, 0) is 4.74 Å². The largest absolute Gasteiger partial charge is 0.478 e. The van der Waals surface area contributed by atoms with E-state index in [1.54, 1.807) is 19.1 Å². The fourth-order valence-corrected chi connectivity index (χ4v) is 1.84. The third kappa shape index (κ3) is 3.94. The summed E-state index contributed by atoms with van der Waals surface area (Å²) in [5.74, 6) is -2.29. The quantitative estimate of drug-likeness (QED) is 0.674. The molecule has 0 unspecified atom stereocenters. The Morgan fingerprint density at radius 2 is 1.52 bits per heavy atom. The summed E-state index contributed by atoms with van der Waals surface area (Å²) >= 11 is 0. The summed E-state index contributed by atoms with van der Waals surface area (Å²) in [7, 11) is 0. The standard InChI is InChI=1S/C17H14O6/c1-2-22-17(21)13-5-3-4-6-14(13)23-16(20)12-9-7-11(8-10-12)15(18)19/h3-10H,2H2,1H3,(H,18,19). The minimum absolute atomic E-state index is 0.0634. The lowest BCUT2D eigenvalue weighted by Crippen LogP contribution is -2.13. The molecular formula is C17H14O6. The number of rotatable bonds is 5. The number of benzene rings is 2. The molecule has 0 aromatic heterocycles. The molecule has 0 fully saturated rings. The van der Waals surface area contributed by atoms with E-state index < -0.39 is 17.9 Å². The van der Waals surface area contributed by atoms with Gasteiger partial charge in [-0.25, -0.2) is 14.4 Å². The molecule has 2 rings (SSSR count). The van der Waals surface area contributed by atoms with Crippen molar-refractivity contribution in [2.75, 3.05) is 6.61 Å². The molecule has 0 amide bonds. The molecule has 2 aromatic rings. The second kappa shape index (κ2) is 7.22. The van der Waals surface area contributed by atoms with E-state index in [9.17, 15) is 14.4 Å². The minimum Gasteiger partial charge on any atom is -0.478 e. The summed E-state index contributed by atoms with van der Waals surface area (Å²) < 4.78 is 10.1. The summed E-state index contributed by atoms with van der Waals surface area (Å²) in [5, 5.41) is 8.83. The summed E-state index contributed by atoms with van der Waals surface area (Å²) in [6.45, 7) is 1.88. The third-order valence-corrected chi connectivity index (χ3v) is 2.95. The van der Waals surface area contributed by atoms with Crippen molar-refractivity contribution in [3.05, 3.63) is 65.2 Å². The van der Waals surface area contributed by atoms with E-state index in [-0.39, 0.29) is 29.0 Å². The lowest BCUT2D eigenvalue weighted by atomic mass is 10.1. The summed E-state index contributed by atoms with van der Waals surface area (Å²) in [4.78, 5) is 34.7. The zero-order valence-electron chi connectivity index (χ0n) is 12.3. The van der Waals surface area contributed by atoms with Crippen molar-refractivity contribution in [3.63, 3.8) is 0 Å². The first-order chi connectivity index (χ1) is 11.0. The van der Waals surface area contributed by atoms with Gasteiger partial charge in [-0.2, -0.15) is 0 Å². The van der Waals surface area contributed by atoms with E-state index in [4.69, 9.17) is 14.6 Å². The van der Waals surface area contributed by atoms with Crippen LogP contribution in [0.1, 0.15) is 38.0 Å². The van der Waals surface area contributed by atoms with Crippen molar-refractivity contribution in [3.8, 4) is 5.75 Å². The molecular weight excluding hydrogens is 300 g/mol. The van der Waals surface area contributed by atoms with Crippen molar-refractivity contribution in [2.24, 2.45) is 0 Å². The van der Waals surface area contributed by atoms with Gasteiger partial charge in [0.15, 0.2) is 0 Å². The third-order valence-electron chi connectivity index (χ3n) is 2.95. The smallest absolute Gasteiger partial charge is 0.343 e. The highest BCUT2D eigenvalue weighted by molar-refractivity contribution is 5.97. The monoisotopic (exact) mass is 314 g/mol. The topological polar surface area (TPSA) is 89.9 Å². The van der Waals surface area contributed by atoms with E-state index in [1.165, 1.54) is 36.4 Å². The van der Waals surface area contributed by atoms with Crippen LogP contribution in [-0.4, -0.2) is 29.6 Å². The van der Waals surface area contributed by atoms with Crippen molar-refractivity contribution in [1.29, 1.82) is 0 Å². The molecule has 118 valence electrons. The molecule has 0 saturated heterocycles. The summed E-state index contributed by atoms with van der Waals surface area (Å²) in [5.41, 5.74) is 0.381. The molecule has 23 heavy (non-hydrogen) atoms. The number of aromatic carboxylic acids is 1. The number of hydrogen-bond acceptors (Lipinski definition) is 5. The minimum atomic E-state index is -1.09. The number of hydrogen-bond donors (Lipinski definition) is 1. The van der Waals surface area contributed by atoms with Gasteiger partial charge in [0, 0.05) is 0 Å². The Balaban J connectivity index is 2.20. The van der Waals surface area contributed by atoms with Crippen LogP contribution in [0.25, 0.3) is 0 Å². The fraction of sp³-hybridized carbons (Fsp3) is 0.118. The number of carbonyl (C=O) groups is 3. The van der Waals surface area contributed by atoms with Crippen LogP contribution in [0.5, 0.6) is 5.75 Å². The molecule has 0 bridgehead atoms. The number of carbonyl (C=O) groups excluding carboxylic acids is 2. The van der Waals surface area contributed by atoms with Gasteiger partial charge in [0.25, 0.3) is 0 Å². The maximum atomic E-state index is 12.1. The van der Waals surface area contributed by atoms with Gasteiger partial charge >= 0.3 is 17.9 Å². The molecule has 0 aliphatic heterocycles. The number of carboxylic acid groups (broad SMARTS) is 1. The van der Waals surface area contributed by atoms with Crippen LogP contribution in [0.4, 0.5) is 0 Å². The van der Waals surface area contributed by atoms with Crippen LogP contribution >= 0.6 is 0 Å². The van der Waals surface area contributed by atoms with Crippen LogP contribution < -0.4 is 4.74 Å². The SMILES string of the molecule is CCOC(=O)c1ccccc1OC(=O)c1ccc(C(=O)O)cc1. The Morgan fingerprint density at radius 1 is 0.913 bits per heavy atom. The van der Waals surface area contributed by atoms with Crippen LogP contribution in [0.15, 0.2) is 48.5 Å². The number of esters is 2. The maximum Gasteiger partial charge on any atom is 0.343 e. The second-order valence-corrected chi connectivity index (χ2v) is 4.49. The summed E-state index contributed by atoms with van der Waals surface area (Å²) in [6.07, 6.45) is 0. The van der Waals surface area contributed by atoms with E-state index in [0.29, 0.717) is 0 Å². The lowest BCUT2D eigenvalue weighted by Gasteiger charge is -2.09. The zero-order chi connectivity index (χ0) is 16.8. The predicted molar refractivity (Wildman–Crippen MR) is 80.8 cm³/mol. The highest BCUT2D eigenvalue weighted by atomic mass is 16.5. The Bertz CT molecular complexity index is 733. The Morgan fingerprint density at radius 3 is 2.13 bits per heavy atom. The number of ether oxygens (including phenoxy) is 2. The van der Waals surface area contributed by atoms with Gasteiger partial charge < -0.3 is 14.6 Å². The number of para-hydroxylation sites is 1. The molecule has 0 radical (unpaired) electrons. The van der Waals surface area contributed by atoms with Gasteiger partial charge in [0.2, 0.25) is 0 Å². The van der Waals surface area contributed by atoms with Gasteiger partial charge in [0.1, 0.15) is 11.3 Å². The highest BCUT2D eigenvalue weighted by Crippen LogP contribution is 2.20.